The summed E-state index contributed by atoms with van der Waals surface area (Å²) in [7, 11) is -3.75. The molecule has 0 radical (unpaired) electrons. The van der Waals surface area contributed by atoms with Gasteiger partial charge in [0.2, 0.25) is 10.0 Å². The van der Waals surface area contributed by atoms with E-state index in [2.05, 4.69) is 39.2 Å². The molecule has 3 aromatic rings. The van der Waals surface area contributed by atoms with E-state index in [1.807, 2.05) is 30.5 Å². The summed E-state index contributed by atoms with van der Waals surface area (Å²) in [6.07, 6.45) is 8.21. The van der Waals surface area contributed by atoms with Crippen LogP contribution in [-0.4, -0.2) is 47.7 Å². The van der Waals surface area contributed by atoms with Crippen molar-refractivity contribution in [3.05, 3.63) is 41.9 Å². The van der Waals surface area contributed by atoms with E-state index in [9.17, 15) is 13.2 Å². The second-order valence-corrected chi connectivity index (χ2v) is 13.1. The molecule has 2 heterocycles. The Morgan fingerprint density at radius 3 is 2.56 bits per heavy atom. The van der Waals surface area contributed by atoms with Gasteiger partial charge in [-0.15, -0.1) is 11.3 Å². The molecule has 212 valence electrons. The monoisotopic (exact) mass is 574 g/mol. The molecule has 1 amide bonds. The molecule has 12 heteroatoms. The maximum absolute atomic E-state index is 13.2. The van der Waals surface area contributed by atoms with Crippen molar-refractivity contribution in [3.8, 4) is 10.4 Å². The lowest BCUT2D eigenvalue weighted by Gasteiger charge is -2.28. The van der Waals surface area contributed by atoms with Gasteiger partial charge in [-0.25, -0.2) is 27.9 Å². The predicted octanol–water partition coefficient (Wildman–Crippen LogP) is 5.79. The first kappa shape index (κ1) is 29.0. The molecule has 0 bridgehead atoms. The number of hydrogen-bond donors (Lipinski definition) is 3. The van der Waals surface area contributed by atoms with Gasteiger partial charge >= 0.3 is 6.09 Å². The van der Waals surface area contributed by atoms with Gasteiger partial charge in [0.1, 0.15) is 5.82 Å². The van der Waals surface area contributed by atoms with Crippen LogP contribution in [0.1, 0.15) is 77.3 Å². The fraction of sp³-hybridized carbons (Fsp3) is 0.519. The van der Waals surface area contributed by atoms with Crippen LogP contribution in [-0.2, 0) is 14.8 Å². The van der Waals surface area contributed by atoms with Crippen LogP contribution < -0.4 is 15.4 Å². The molecule has 1 saturated carbocycles. The van der Waals surface area contributed by atoms with E-state index < -0.39 is 10.0 Å². The van der Waals surface area contributed by atoms with E-state index >= 15 is 0 Å². The van der Waals surface area contributed by atoms with Crippen molar-refractivity contribution in [3.63, 3.8) is 0 Å². The molecular formula is C27H38N6O4S2. The van der Waals surface area contributed by atoms with Crippen molar-refractivity contribution < 1.29 is 17.9 Å². The van der Waals surface area contributed by atoms with Crippen molar-refractivity contribution in [2.75, 3.05) is 11.9 Å². The number of anilines is 2. The van der Waals surface area contributed by atoms with Gasteiger partial charge in [0.25, 0.3) is 0 Å². The van der Waals surface area contributed by atoms with Gasteiger partial charge in [0.15, 0.2) is 0 Å². The molecule has 1 fully saturated rings. The highest BCUT2D eigenvalue weighted by molar-refractivity contribution is 7.89. The van der Waals surface area contributed by atoms with Crippen molar-refractivity contribution in [2.45, 2.75) is 89.3 Å². The molecule has 39 heavy (non-hydrogen) atoms. The second-order valence-electron chi connectivity index (χ2n) is 10.3. The van der Waals surface area contributed by atoms with Crippen LogP contribution in [0, 0.1) is 0 Å². The molecule has 2 aromatic heterocycles. The molecule has 0 atom stereocenters. The first-order valence-electron chi connectivity index (χ1n) is 13.4. The number of carbonyl (C=O) groups is 1. The summed E-state index contributed by atoms with van der Waals surface area (Å²) in [5.74, 6) is 1.06. The zero-order valence-corrected chi connectivity index (χ0v) is 24.7. The van der Waals surface area contributed by atoms with Crippen molar-refractivity contribution in [1.29, 1.82) is 0 Å². The van der Waals surface area contributed by atoms with E-state index in [4.69, 9.17) is 4.74 Å². The third-order valence-corrected chi connectivity index (χ3v) is 9.41. The lowest BCUT2D eigenvalue weighted by Crippen LogP contribution is -2.38. The fourth-order valence-electron chi connectivity index (χ4n) is 4.75. The zero-order chi connectivity index (χ0) is 28.2. The minimum atomic E-state index is -3.75. The maximum atomic E-state index is 13.2. The third kappa shape index (κ3) is 7.17. The quantitative estimate of drug-likeness (QED) is 0.280. The van der Waals surface area contributed by atoms with Crippen molar-refractivity contribution in [1.82, 2.24) is 24.6 Å². The van der Waals surface area contributed by atoms with Crippen LogP contribution in [0.5, 0.6) is 0 Å². The lowest BCUT2D eigenvalue weighted by molar-refractivity contribution is 0.109. The summed E-state index contributed by atoms with van der Waals surface area (Å²) < 4.78 is 36.3. The Morgan fingerprint density at radius 2 is 1.90 bits per heavy atom. The van der Waals surface area contributed by atoms with Crippen LogP contribution in [0.25, 0.3) is 10.4 Å². The number of thiazole rings is 1. The highest BCUT2D eigenvalue weighted by Crippen LogP contribution is 2.40. The highest BCUT2D eigenvalue weighted by Gasteiger charge is 2.27. The van der Waals surface area contributed by atoms with Gasteiger partial charge < -0.3 is 19.9 Å². The Morgan fingerprint density at radius 1 is 1.15 bits per heavy atom. The van der Waals surface area contributed by atoms with Crippen LogP contribution in [0.2, 0.25) is 0 Å². The Bertz CT molecular complexity index is 1370. The number of imidazole rings is 1. The van der Waals surface area contributed by atoms with E-state index in [0.29, 0.717) is 11.3 Å². The Balaban J connectivity index is 1.54. The van der Waals surface area contributed by atoms with E-state index in [0.717, 1.165) is 41.4 Å². The van der Waals surface area contributed by atoms with Gasteiger partial charge in [-0.1, -0.05) is 13.0 Å². The number of aromatic nitrogens is 3. The normalized spacial score (nSPS) is 17.9. The van der Waals surface area contributed by atoms with Crippen LogP contribution >= 0.6 is 11.3 Å². The molecule has 10 nitrogen and oxygen atoms in total. The number of sulfonamides is 1. The molecule has 3 N–H and O–H groups in total. The van der Waals surface area contributed by atoms with Gasteiger partial charge in [0, 0.05) is 42.0 Å². The van der Waals surface area contributed by atoms with Crippen LogP contribution in [0.15, 0.2) is 41.8 Å². The standard InChI is InChI=1S/C27H38N6O4S2/c1-6-30-39(35,36)24-13-21(31-25-15-28-16-33(25)17(2)3)11-12-22(24)23-14-29-26(38-23)19-7-9-20(10-8-19)32-27(34)37-18(4)5/h11-20,30-31H,6-10H2,1-5H3,(H,32,34)/t19-,20-. The van der Waals surface area contributed by atoms with E-state index in [1.54, 1.807) is 31.7 Å². The molecule has 4 rings (SSSR count). The fourth-order valence-corrected chi connectivity index (χ4v) is 7.23. The molecule has 0 saturated heterocycles. The van der Waals surface area contributed by atoms with Crippen LogP contribution in [0.3, 0.4) is 0 Å². The summed E-state index contributed by atoms with van der Waals surface area (Å²) in [5, 5.41) is 7.25. The molecule has 1 aliphatic rings. The third-order valence-electron chi connectivity index (χ3n) is 6.63. The second kappa shape index (κ2) is 12.5. The number of nitrogens with one attached hydrogen (secondary N) is 3. The number of carbonyl (C=O) groups excluding carboxylic acids is 1. The molecule has 0 spiro atoms. The summed E-state index contributed by atoms with van der Waals surface area (Å²) >= 11 is 1.53. The average molecular weight is 575 g/mol. The number of rotatable bonds is 10. The molecular weight excluding hydrogens is 536 g/mol. The van der Waals surface area contributed by atoms with E-state index in [-0.39, 0.29) is 41.6 Å². The summed E-state index contributed by atoms with van der Waals surface area (Å²) in [4.78, 5) is 21.9. The summed E-state index contributed by atoms with van der Waals surface area (Å²) in [6.45, 7) is 9.83. The van der Waals surface area contributed by atoms with Gasteiger partial charge in [-0.05, 0) is 65.5 Å². The van der Waals surface area contributed by atoms with Gasteiger partial charge in [0.05, 0.1) is 33.4 Å². The number of hydrogen-bond acceptors (Lipinski definition) is 8. The minimum Gasteiger partial charge on any atom is -0.447 e. The Hall–Kier alpha value is -2.96. The molecule has 0 aliphatic heterocycles. The number of nitrogens with zero attached hydrogens (tertiary/aromatic N) is 3. The van der Waals surface area contributed by atoms with Crippen LogP contribution in [0.4, 0.5) is 16.3 Å². The molecule has 1 aromatic carbocycles. The van der Waals surface area contributed by atoms with Gasteiger partial charge in [-0.3, -0.25) is 0 Å². The number of benzene rings is 1. The first-order valence-corrected chi connectivity index (χ1v) is 15.7. The smallest absolute Gasteiger partial charge is 0.407 e. The van der Waals surface area contributed by atoms with Crippen molar-refractivity contribution in [2.24, 2.45) is 0 Å². The topological polar surface area (TPSA) is 127 Å². The highest BCUT2D eigenvalue weighted by atomic mass is 32.2. The number of alkyl carbamates (subject to hydrolysis) is 1. The summed E-state index contributed by atoms with van der Waals surface area (Å²) in [6, 6.07) is 5.67. The predicted molar refractivity (Wildman–Crippen MR) is 154 cm³/mol. The average Bonchev–Trinajstić information content (AvgIpc) is 3.54. The Labute approximate surface area is 234 Å². The van der Waals surface area contributed by atoms with Crippen molar-refractivity contribution >= 4 is 39.0 Å². The Kier molecular flexibility index (Phi) is 9.29. The van der Waals surface area contributed by atoms with E-state index in [1.165, 1.54) is 11.3 Å². The first-order chi connectivity index (χ1) is 18.6. The zero-order valence-electron chi connectivity index (χ0n) is 23.1. The number of amides is 1. The van der Waals surface area contributed by atoms with Gasteiger partial charge in [-0.2, -0.15) is 0 Å². The maximum Gasteiger partial charge on any atom is 0.407 e. The molecule has 0 unspecified atom stereocenters. The number of ether oxygens (including phenoxy) is 1. The largest absolute Gasteiger partial charge is 0.447 e. The lowest BCUT2D eigenvalue weighted by atomic mass is 9.86. The SMILES string of the molecule is CCNS(=O)(=O)c1cc(Nc2cncn2C(C)C)ccc1-c1cnc([C@H]2CC[C@H](NC(=O)OC(C)C)CC2)s1. The summed E-state index contributed by atoms with van der Waals surface area (Å²) in [5.41, 5.74) is 1.28. The molecule has 1 aliphatic carbocycles. The minimum absolute atomic E-state index is 0.0934.